The highest BCUT2D eigenvalue weighted by atomic mass is 19.4. The highest BCUT2D eigenvalue weighted by molar-refractivity contribution is 5.72. The Labute approximate surface area is 219 Å². The number of hydrogen-bond donors (Lipinski definition) is 2. The van der Waals surface area contributed by atoms with E-state index >= 15 is 0 Å². The second-order valence-electron chi connectivity index (χ2n) is 9.04. The van der Waals surface area contributed by atoms with E-state index in [1.807, 2.05) is 18.2 Å². The molecule has 7 nitrogen and oxygen atoms in total. The zero-order valence-electron chi connectivity index (χ0n) is 21.2. The van der Waals surface area contributed by atoms with Crippen molar-refractivity contribution >= 4 is 17.6 Å². The maximum Gasteiger partial charge on any atom is 0.419 e. The lowest BCUT2D eigenvalue weighted by Crippen LogP contribution is -2.26. The van der Waals surface area contributed by atoms with Crippen LogP contribution in [0.2, 0.25) is 0 Å². The number of hydrogen-bond acceptors (Lipinski definition) is 7. The van der Waals surface area contributed by atoms with Crippen molar-refractivity contribution in [2.45, 2.75) is 44.2 Å². The molecule has 200 valence electrons. The van der Waals surface area contributed by atoms with Crippen molar-refractivity contribution in [2.75, 3.05) is 32.6 Å². The molecule has 2 N–H and O–H groups in total. The van der Waals surface area contributed by atoms with Crippen LogP contribution in [0, 0.1) is 12.1 Å². The minimum Gasteiger partial charge on any atom is -0.495 e. The number of rotatable bonds is 9. The Hall–Kier alpha value is -3.84. The number of anilines is 2. The number of aryl methyl sites for hydroxylation is 2. The van der Waals surface area contributed by atoms with Crippen molar-refractivity contribution in [1.82, 2.24) is 15.3 Å². The number of carbonyl (C=O) groups is 1. The molecule has 4 rings (SSSR count). The third-order valence-electron chi connectivity index (χ3n) is 6.64. The van der Waals surface area contributed by atoms with Gasteiger partial charge < -0.3 is 20.1 Å². The Morgan fingerprint density at radius 1 is 1.13 bits per heavy atom. The summed E-state index contributed by atoms with van der Waals surface area (Å²) in [5.41, 5.74) is 1.95. The molecule has 0 atom stereocenters. The fourth-order valence-corrected chi connectivity index (χ4v) is 4.57. The van der Waals surface area contributed by atoms with Gasteiger partial charge in [0.15, 0.2) is 0 Å². The molecule has 38 heavy (non-hydrogen) atoms. The van der Waals surface area contributed by atoms with Crippen LogP contribution in [0.3, 0.4) is 0 Å². The first-order chi connectivity index (χ1) is 18.3. The Morgan fingerprint density at radius 2 is 1.87 bits per heavy atom. The summed E-state index contributed by atoms with van der Waals surface area (Å²) in [5, 5.41) is 6.36. The van der Waals surface area contributed by atoms with Crippen molar-refractivity contribution in [1.29, 1.82) is 0 Å². The number of nitrogens with zero attached hydrogens (tertiary/aromatic N) is 2. The van der Waals surface area contributed by atoms with E-state index in [0.29, 0.717) is 28.5 Å². The number of nitrogens with one attached hydrogen (secondary N) is 2. The summed E-state index contributed by atoms with van der Waals surface area (Å²) in [6, 6.07) is 14.6. The monoisotopic (exact) mass is 526 g/mol. The fraction of sp³-hybridized carbons (Fsp3) is 0.393. The van der Waals surface area contributed by atoms with Gasteiger partial charge in [0.2, 0.25) is 5.95 Å². The molecule has 0 radical (unpaired) electrons. The normalized spacial score (nSPS) is 14.0. The molecule has 1 aliphatic heterocycles. The van der Waals surface area contributed by atoms with Gasteiger partial charge in [-0.25, -0.2) is 9.97 Å². The van der Waals surface area contributed by atoms with Gasteiger partial charge in [-0.05, 0) is 85.6 Å². The molecule has 3 aromatic rings. The quantitative estimate of drug-likeness (QED) is 0.387. The number of ether oxygens (including phenoxy) is 2. The number of piperidine rings is 1. The predicted molar refractivity (Wildman–Crippen MR) is 135 cm³/mol. The molecule has 1 fully saturated rings. The first-order valence-corrected chi connectivity index (χ1v) is 12.3. The van der Waals surface area contributed by atoms with Crippen molar-refractivity contribution in [3.8, 4) is 5.75 Å². The molecule has 1 aromatic heterocycles. The third kappa shape index (κ3) is 6.72. The van der Waals surface area contributed by atoms with E-state index in [1.165, 1.54) is 7.11 Å². The molecule has 1 saturated heterocycles. The van der Waals surface area contributed by atoms with Gasteiger partial charge >= 0.3 is 12.1 Å². The molecular weight excluding hydrogens is 497 g/mol. The average molecular weight is 527 g/mol. The number of halogens is 3. The number of alkyl halides is 3. The van der Waals surface area contributed by atoms with Gasteiger partial charge in [-0.2, -0.15) is 13.2 Å². The molecule has 0 bridgehead atoms. The van der Waals surface area contributed by atoms with Crippen LogP contribution in [-0.2, 0) is 35.0 Å². The summed E-state index contributed by atoms with van der Waals surface area (Å²) >= 11 is 0. The third-order valence-corrected chi connectivity index (χ3v) is 6.64. The fourth-order valence-electron chi connectivity index (χ4n) is 4.57. The molecule has 0 saturated carbocycles. The van der Waals surface area contributed by atoms with Gasteiger partial charge in [0.05, 0.1) is 37.6 Å². The van der Waals surface area contributed by atoms with E-state index in [1.54, 1.807) is 19.2 Å². The molecule has 2 aromatic carbocycles. The van der Waals surface area contributed by atoms with Gasteiger partial charge in [0.25, 0.3) is 0 Å². The second kappa shape index (κ2) is 12.1. The summed E-state index contributed by atoms with van der Waals surface area (Å²) in [6.45, 7) is 1.91. The van der Waals surface area contributed by atoms with E-state index in [-0.39, 0.29) is 30.9 Å². The molecule has 1 aliphatic rings. The number of benzene rings is 1. The summed E-state index contributed by atoms with van der Waals surface area (Å²) in [6.07, 6.45) is -1.59. The number of esters is 1. The van der Waals surface area contributed by atoms with Crippen LogP contribution >= 0.6 is 0 Å². The number of methoxy groups -OCH3 is 2. The SMILES string of the molecule is COC(=O)Cc1cc#ccc1CCc1nc(Nc2ccc(C3CCNCC3)cc2OC)ncc1C(F)(F)F. The number of carbonyl (C=O) groups excluding carboxylic acids is 1. The standard InChI is InChI=1S/C28H29F3N4O3/c1-37-25-15-21(19-11-13-32-14-12-19)8-10-24(25)35-27-33-17-22(28(29,30)31)23(34-27)9-7-18-5-3-4-6-20(18)16-26(36)38-2/h5-6,8,10,15,17,19,32H,7,9,11-14,16H2,1-2H3,(H,33,34,35). The molecule has 0 aliphatic carbocycles. The topological polar surface area (TPSA) is 85.4 Å². The maximum absolute atomic E-state index is 13.8. The van der Waals surface area contributed by atoms with Crippen molar-refractivity contribution in [2.24, 2.45) is 0 Å². The minimum absolute atomic E-state index is 0.00706. The van der Waals surface area contributed by atoms with Crippen molar-refractivity contribution in [3.63, 3.8) is 0 Å². The van der Waals surface area contributed by atoms with E-state index in [4.69, 9.17) is 9.47 Å². The summed E-state index contributed by atoms with van der Waals surface area (Å²) in [4.78, 5) is 19.9. The predicted octanol–water partition coefficient (Wildman–Crippen LogP) is 4.82. The lowest BCUT2D eigenvalue weighted by atomic mass is 9.90. The van der Waals surface area contributed by atoms with E-state index < -0.39 is 17.7 Å². The van der Waals surface area contributed by atoms with Gasteiger partial charge in [-0.3, -0.25) is 4.79 Å². The van der Waals surface area contributed by atoms with Crippen molar-refractivity contribution in [3.05, 3.63) is 76.6 Å². The highest BCUT2D eigenvalue weighted by Crippen LogP contribution is 2.35. The minimum atomic E-state index is -4.62. The van der Waals surface area contributed by atoms with E-state index in [9.17, 15) is 18.0 Å². The van der Waals surface area contributed by atoms with Gasteiger partial charge in [-0.15, -0.1) is 0 Å². The van der Waals surface area contributed by atoms with Crippen LogP contribution in [0.5, 0.6) is 5.75 Å². The lowest BCUT2D eigenvalue weighted by molar-refractivity contribution is -0.140. The molecule has 2 heterocycles. The Bertz CT molecular complexity index is 1260. The summed E-state index contributed by atoms with van der Waals surface area (Å²) in [5.74, 6) is 0.568. The van der Waals surface area contributed by atoms with Crippen LogP contribution in [0.25, 0.3) is 0 Å². The van der Waals surface area contributed by atoms with E-state index in [2.05, 4.69) is 32.7 Å². The smallest absolute Gasteiger partial charge is 0.419 e. The molecule has 0 amide bonds. The second-order valence-corrected chi connectivity index (χ2v) is 9.04. The summed E-state index contributed by atoms with van der Waals surface area (Å²) < 4.78 is 51.6. The van der Waals surface area contributed by atoms with Gasteiger partial charge in [0, 0.05) is 6.20 Å². The van der Waals surface area contributed by atoms with Crippen LogP contribution in [-0.4, -0.2) is 43.2 Å². The zero-order chi connectivity index (χ0) is 27.1. The Morgan fingerprint density at radius 3 is 2.55 bits per heavy atom. The largest absolute Gasteiger partial charge is 0.495 e. The Kier molecular flexibility index (Phi) is 8.69. The molecule has 0 unspecified atom stereocenters. The molecule has 0 spiro atoms. The van der Waals surface area contributed by atoms with Gasteiger partial charge in [0.1, 0.15) is 5.75 Å². The number of aromatic nitrogens is 2. The van der Waals surface area contributed by atoms with E-state index in [0.717, 1.165) is 37.7 Å². The van der Waals surface area contributed by atoms with Crippen molar-refractivity contribution < 1.29 is 27.4 Å². The maximum atomic E-state index is 13.8. The van der Waals surface area contributed by atoms with Crippen LogP contribution in [0.4, 0.5) is 24.8 Å². The van der Waals surface area contributed by atoms with Crippen LogP contribution < -0.4 is 15.4 Å². The van der Waals surface area contributed by atoms with Crippen LogP contribution in [0.15, 0.2) is 36.5 Å². The first-order valence-electron chi connectivity index (χ1n) is 12.3. The zero-order valence-corrected chi connectivity index (χ0v) is 21.2. The summed E-state index contributed by atoms with van der Waals surface area (Å²) in [7, 11) is 2.83. The average Bonchev–Trinajstić information content (AvgIpc) is 2.92. The lowest BCUT2D eigenvalue weighted by Gasteiger charge is -2.24. The highest BCUT2D eigenvalue weighted by Gasteiger charge is 2.35. The van der Waals surface area contributed by atoms with Gasteiger partial charge in [-0.1, -0.05) is 18.2 Å². The van der Waals surface area contributed by atoms with Crippen LogP contribution in [0.1, 0.15) is 46.7 Å². The molecule has 10 heteroatoms. The molecular formula is C28H29F3N4O3. The first kappa shape index (κ1) is 27.2. The Balaban J connectivity index is 1.57.